The molecule has 6 nitrogen and oxygen atoms in total. The van der Waals surface area contributed by atoms with E-state index >= 15 is 8.78 Å². The highest BCUT2D eigenvalue weighted by Crippen LogP contribution is 2.58. The van der Waals surface area contributed by atoms with Gasteiger partial charge in [-0.05, 0) is 267 Å². The average molecular weight is 1930 g/mol. The van der Waals surface area contributed by atoms with Gasteiger partial charge in [-0.1, -0.05) is 392 Å². The summed E-state index contributed by atoms with van der Waals surface area (Å²) in [5.74, 6) is -0.695. The minimum absolute atomic E-state index is 0.161. The number of rotatable bonds is 18. The van der Waals surface area contributed by atoms with E-state index in [1.54, 1.807) is 12.1 Å². The monoisotopic (exact) mass is 1930 g/mol. The number of hydrogen-bond acceptors (Lipinski definition) is 6. The third-order valence-electron chi connectivity index (χ3n) is 30.9. The van der Waals surface area contributed by atoms with Crippen LogP contribution in [0.4, 0.5) is 77.0 Å². The Kier molecular flexibility index (Phi) is 21.9. The van der Waals surface area contributed by atoms with Gasteiger partial charge in [-0.3, -0.25) is 0 Å². The summed E-state index contributed by atoms with van der Waals surface area (Å²) in [7, 11) is 0. The van der Waals surface area contributed by atoms with Crippen molar-refractivity contribution in [1.29, 1.82) is 0 Å². The van der Waals surface area contributed by atoms with E-state index in [0.29, 0.717) is 17.0 Å². The molecule has 2 aliphatic rings. The molecule has 0 bridgehead atoms. The molecule has 0 amide bonds. The summed E-state index contributed by atoms with van der Waals surface area (Å²) in [5, 5.41) is 12.7. The first-order chi connectivity index (χ1) is 73.8. The van der Waals surface area contributed by atoms with Crippen molar-refractivity contribution >= 4 is 155 Å². The van der Waals surface area contributed by atoms with Crippen LogP contribution in [0, 0.1) is 11.6 Å². The quantitative estimate of drug-likeness (QED) is 0.0798. The van der Waals surface area contributed by atoms with E-state index in [2.05, 4.69) is 359 Å². The van der Waals surface area contributed by atoms with Gasteiger partial charge in [0.2, 0.25) is 0 Å². The van der Waals surface area contributed by atoms with E-state index in [0.717, 1.165) is 183 Å². The number of para-hydroxylation sites is 4. The van der Waals surface area contributed by atoms with Crippen molar-refractivity contribution in [3.63, 3.8) is 0 Å². The first-order valence-corrected chi connectivity index (χ1v) is 51.4. The van der Waals surface area contributed by atoms with Crippen molar-refractivity contribution in [2.24, 2.45) is 0 Å². The van der Waals surface area contributed by atoms with Crippen molar-refractivity contribution in [3.05, 3.63) is 556 Å². The number of furan rings is 2. The van der Waals surface area contributed by atoms with Gasteiger partial charge in [0, 0.05) is 117 Å². The molecule has 2 aromatic heterocycles. The summed E-state index contributed by atoms with van der Waals surface area (Å²) in [6, 6.07) is 182. The van der Waals surface area contributed by atoms with Gasteiger partial charge < -0.3 is 28.4 Å². The maximum Gasteiger partial charge on any atom is 0.148 e. The Balaban J connectivity index is 0.000000148. The summed E-state index contributed by atoms with van der Waals surface area (Å²) in [6.07, 6.45) is 0. The number of benzene rings is 24. The van der Waals surface area contributed by atoms with Gasteiger partial charge in [0.25, 0.3) is 0 Å². The second-order valence-electron chi connectivity index (χ2n) is 40.3. The molecule has 28 rings (SSSR count). The zero-order chi connectivity index (χ0) is 100. The van der Waals surface area contributed by atoms with E-state index in [1.165, 1.54) is 66.4 Å². The molecule has 0 aliphatic heterocycles. The van der Waals surface area contributed by atoms with Gasteiger partial charge >= 0.3 is 0 Å². The van der Waals surface area contributed by atoms with Gasteiger partial charge in [-0.25, -0.2) is 8.78 Å². The Morgan fingerprint density at radius 1 is 0.173 bits per heavy atom. The Morgan fingerprint density at radius 3 is 0.827 bits per heavy atom. The minimum atomic E-state index is -0.353. The van der Waals surface area contributed by atoms with Crippen LogP contribution >= 0.6 is 0 Å². The Labute approximate surface area is 869 Å². The highest BCUT2D eigenvalue weighted by molar-refractivity contribution is 6.32. The number of hydrogen-bond donors (Lipinski definition) is 0. The summed E-state index contributed by atoms with van der Waals surface area (Å²) in [5.41, 5.74) is 35.4. The van der Waals surface area contributed by atoms with E-state index in [4.69, 9.17) is 8.83 Å². The van der Waals surface area contributed by atoms with Gasteiger partial charge in [0.1, 0.15) is 34.0 Å². The Hall–Kier alpha value is -19.0. The van der Waals surface area contributed by atoms with Crippen LogP contribution in [0.2, 0.25) is 0 Å². The molecule has 0 saturated carbocycles. The molecule has 2 aliphatic carbocycles. The number of anilines is 12. The summed E-state index contributed by atoms with van der Waals surface area (Å²) in [6.45, 7) is 9.44. The number of nitrogens with zero attached hydrogens (tertiary/aromatic N) is 4. The lowest BCUT2D eigenvalue weighted by Crippen LogP contribution is -2.16. The molecule has 0 spiro atoms. The molecule has 712 valence electrons. The molecule has 0 fully saturated rings. The molecule has 2 heterocycles. The van der Waals surface area contributed by atoms with Crippen LogP contribution in [0.25, 0.3) is 176 Å². The number of fused-ring (bicyclic) bond motifs is 22. The van der Waals surface area contributed by atoms with Crippen LogP contribution in [0.3, 0.4) is 0 Å². The fourth-order valence-corrected chi connectivity index (χ4v) is 23.9. The van der Waals surface area contributed by atoms with E-state index in [1.807, 2.05) is 198 Å². The zero-order valence-corrected chi connectivity index (χ0v) is 83.0. The normalized spacial score (nSPS) is 12.6. The second-order valence-corrected chi connectivity index (χ2v) is 40.3. The van der Waals surface area contributed by atoms with Crippen molar-refractivity contribution in [2.45, 2.75) is 38.5 Å². The summed E-state index contributed by atoms with van der Waals surface area (Å²) >= 11 is 0. The fourth-order valence-electron chi connectivity index (χ4n) is 23.9. The van der Waals surface area contributed by atoms with Gasteiger partial charge in [0.15, 0.2) is 0 Å². The third kappa shape index (κ3) is 15.2. The van der Waals surface area contributed by atoms with E-state index in [9.17, 15) is 0 Å². The van der Waals surface area contributed by atoms with Gasteiger partial charge in [-0.2, -0.15) is 0 Å². The molecule has 8 heteroatoms. The topological polar surface area (TPSA) is 39.2 Å². The lowest BCUT2D eigenvalue weighted by atomic mass is 9.82. The van der Waals surface area contributed by atoms with Crippen LogP contribution in [0.15, 0.2) is 531 Å². The van der Waals surface area contributed by atoms with Crippen molar-refractivity contribution in [3.8, 4) is 89.0 Å². The van der Waals surface area contributed by atoms with E-state index < -0.39 is 0 Å². The highest BCUT2D eigenvalue weighted by atomic mass is 19.1. The van der Waals surface area contributed by atoms with Crippen LogP contribution < -0.4 is 19.6 Å². The van der Waals surface area contributed by atoms with Crippen molar-refractivity contribution in [2.75, 3.05) is 19.6 Å². The standard InChI is InChI=1S/C74H54N2O.C68H44F2N2O/c1-73(2)64-31-17-13-28-56(64)58-39-35-50(44-66(58)73)75(68-33-19-15-25-53(68)47-21-7-5-8-22-47)49-37-41-61-63(43-49)55-27-11-12-30-60(55)71-62-42-38-52(46-70(62)77-72(61)71)76(69-34-20-16-26-54(69)48-23-9-6-10-24-48)51-36-40-59-57-29-14-18-32-65(57)74(3,4)67(59)45-51;69-62-41-49(45-21-7-1-8-22-45)39-59(47-25-11-3-12-26-47)66(62)71(51-29-15-5-16-30-51)53-35-37-57-61(43-53)55-33-19-20-34-56(55)65-58-38-36-54(44-64(58)73-68(57)65)72(52-31-17-6-18-32-52)67-60(48-27-13-4-14-28-48)40-50(42-63(67)70)46-23-9-2-10-24-46/h5-46H,1-4H3;1-44H. The number of halogens is 2. The Bertz CT molecular complexity index is 9800. The third-order valence-corrected chi connectivity index (χ3v) is 30.9. The summed E-state index contributed by atoms with van der Waals surface area (Å²) < 4.78 is 49.2. The smallest absolute Gasteiger partial charge is 0.148 e. The van der Waals surface area contributed by atoms with Crippen LogP contribution in [-0.4, -0.2) is 0 Å². The highest BCUT2D eigenvalue weighted by Gasteiger charge is 2.39. The lowest BCUT2D eigenvalue weighted by Gasteiger charge is -2.30. The molecule has 0 radical (unpaired) electrons. The van der Waals surface area contributed by atoms with Gasteiger partial charge in [-0.15, -0.1) is 0 Å². The zero-order valence-electron chi connectivity index (χ0n) is 83.0. The molecule has 24 aromatic carbocycles. The molecule has 26 aromatic rings. The van der Waals surface area contributed by atoms with Crippen LogP contribution in [0.5, 0.6) is 0 Å². The molecule has 0 saturated heterocycles. The predicted octanol–water partition coefficient (Wildman–Crippen LogP) is 40.6. The van der Waals surface area contributed by atoms with Crippen molar-refractivity contribution < 1.29 is 17.6 Å². The maximum atomic E-state index is 17.4. The second kappa shape index (κ2) is 36.6. The van der Waals surface area contributed by atoms with Crippen molar-refractivity contribution in [1.82, 2.24) is 0 Å². The van der Waals surface area contributed by atoms with Crippen LogP contribution in [-0.2, 0) is 10.8 Å². The molecule has 0 unspecified atom stereocenters. The molecule has 0 atom stereocenters. The lowest BCUT2D eigenvalue weighted by molar-refractivity contribution is 0.629. The first kappa shape index (κ1) is 89.8. The molecule has 150 heavy (non-hydrogen) atoms. The Morgan fingerprint density at radius 2 is 0.447 bits per heavy atom. The molecule has 0 N–H and O–H groups in total. The van der Waals surface area contributed by atoms with E-state index in [-0.39, 0.29) is 22.5 Å². The minimum Gasteiger partial charge on any atom is -0.455 e. The maximum absolute atomic E-state index is 17.4. The SMILES string of the molecule is CC1(C)c2ccccc2-c2ccc(N(c3ccc4c(c3)oc3c5ccc(N(c6ccc7c(c6)C(C)(C)c6ccccc6-7)c6ccccc6-c6ccccc6)cc5c5ccccc5c43)c3ccccc3-c3ccccc3)cc21.Fc1cc(-c2ccccc2)cc(-c2ccccc2)c1N(c1ccccc1)c1ccc2c(c1)oc1c3ccc(N(c4ccccc4)c4c(F)cc(-c5ccccc5)cc4-c4ccccc4)cc3c3ccccc3c21. The average Bonchev–Trinajstić information content (AvgIpc) is 1.54. The largest absolute Gasteiger partial charge is 0.455 e. The molecular weight excluding hydrogens is 1830 g/mol. The summed E-state index contributed by atoms with van der Waals surface area (Å²) in [4.78, 5) is 8.92. The predicted molar refractivity (Wildman–Crippen MR) is 624 cm³/mol. The first-order valence-electron chi connectivity index (χ1n) is 51.4. The van der Waals surface area contributed by atoms with Crippen LogP contribution in [0.1, 0.15) is 49.9 Å². The molecular formula is C142H98F2N4O2. The fraction of sp³-hybridized carbons (Fsp3) is 0.0423. The van der Waals surface area contributed by atoms with Gasteiger partial charge in [0.05, 0.1) is 28.4 Å².